The van der Waals surface area contributed by atoms with Gasteiger partial charge in [-0.2, -0.15) is 5.10 Å². The molecule has 0 aliphatic carbocycles. The molecule has 0 aliphatic heterocycles. The fourth-order valence-corrected chi connectivity index (χ4v) is 1.53. The van der Waals surface area contributed by atoms with Gasteiger partial charge in [0, 0.05) is 13.1 Å². The van der Waals surface area contributed by atoms with Crippen molar-refractivity contribution in [2.75, 3.05) is 17.2 Å². The van der Waals surface area contributed by atoms with Crippen molar-refractivity contribution in [1.29, 1.82) is 0 Å². The molecule has 2 amide bonds. The van der Waals surface area contributed by atoms with Crippen molar-refractivity contribution in [2.24, 2.45) is 7.05 Å². The molecule has 10 nitrogen and oxygen atoms in total. The second-order valence-corrected chi connectivity index (χ2v) is 4.04. The van der Waals surface area contributed by atoms with E-state index in [1.165, 1.54) is 15.6 Å². The Morgan fingerprint density at radius 3 is 2.86 bits per heavy atom. The van der Waals surface area contributed by atoms with Crippen molar-refractivity contribution < 1.29 is 14.3 Å². The summed E-state index contributed by atoms with van der Waals surface area (Å²) < 4.78 is 7.54. The normalized spacial score (nSPS) is 10.2. The zero-order valence-corrected chi connectivity index (χ0v) is 11.6. The molecule has 21 heavy (non-hydrogen) atoms. The predicted octanol–water partition coefficient (Wildman–Crippen LogP) is 0.219. The number of carbonyl (C=O) groups is 2. The zero-order valence-electron chi connectivity index (χ0n) is 11.6. The van der Waals surface area contributed by atoms with Crippen LogP contribution in [0.3, 0.4) is 0 Å². The first kappa shape index (κ1) is 14.5. The standard InChI is InChI=1S/C11H15N7O3/c1-3-21-11(20)13-8-6-18(16-15-8)7-10(19)14-9-4-5-12-17(9)2/h4-6H,3,7H2,1-2H3,(H,13,20)(H,14,19). The number of hydrogen-bond donors (Lipinski definition) is 2. The SMILES string of the molecule is CCOC(=O)Nc1cn(CC(=O)Nc2ccnn2C)nn1. The van der Waals surface area contributed by atoms with E-state index in [1.54, 1.807) is 26.2 Å². The number of aromatic nitrogens is 5. The number of nitrogens with one attached hydrogen (secondary N) is 2. The molecular formula is C11H15N7O3. The van der Waals surface area contributed by atoms with E-state index in [0.29, 0.717) is 5.82 Å². The second kappa shape index (κ2) is 6.50. The third kappa shape index (κ3) is 4.03. The lowest BCUT2D eigenvalue weighted by atomic mass is 10.5. The Hall–Kier alpha value is -2.91. The van der Waals surface area contributed by atoms with E-state index in [9.17, 15) is 9.59 Å². The third-order valence-corrected chi connectivity index (χ3v) is 2.44. The molecule has 2 aromatic rings. The van der Waals surface area contributed by atoms with Crippen molar-refractivity contribution in [1.82, 2.24) is 24.8 Å². The van der Waals surface area contributed by atoms with Crippen molar-refractivity contribution in [3.05, 3.63) is 18.5 Å². The summed E-state index contributed by atoms with van der Waals surface area (Å²) in [5, 5.41) is 16.4. The molecule has 112 valence electrons. The minimum absolute atomic E-state index is 0.0390. The van der Waals surface area contributed by atoms with Gasteiger partial charge in [0.05, 0.1) is 19.0 Å². The van der Waals surface area contributed by atoms with Gasteiger partial charge in [0.25, 0.3) is 0 Å². The summed E-state index contributed by atoms with van der Waals surface area (Å²) in [7, 11) is 1.71. The summed E-state index contributed by atoms with van der Waals surface area (Å²) in [6, 6.07) is 1.67. The van der Waals surface area contributed by atoms with Gasteiger partial charge in [-0.3, -0.25) is 14.8 Å². The first-order chi connectivity index (χ1) is 10.1. The molecule has 0 bridgehead atoms. The Labute approximate surface area is 120 Å². The predicted molar refractivity (Wildman–Crippen MR) is 72.5 cm³/mol. The van der Waals surface area contributed by atoms with Crippen molar-refractivity contribution in [3.63, 3.8) is 0 Å². The van der Waals surface area contributed by atoms with Gasteiger partial charge in [0.1, 0.15) is 12.4 Å². The molecule has 0 radical (unpaired) electrons. The van der Waals surface area contributed by atoms with E-state index >= 15 is 0 Å². The number of aryl methyl sites for hydroxylation is 1. The Balaban J connectivity index is 1.88. The number of carbonyl (C=O) groups excluding carboxylic acids is 2. The Kier molecular flexibility index (Phi) is 4.49. The van der Waals surface area contributed by atoms with Gasteiger partial charge < -0.3 is 10.1 Å². The minimum Gasteiger partial charge on any atom is -0.450 e. The van der Waals surface area contributed by atoms with E-state index in [0.717, 1.165) is 0 Å². The molecule has 0 saturated heterocycles. The summed E-state index contributed by atoms with van der Waals surface area (Å²) in [5.74, 6) is 0.498. The second-order valence-electron chi connectivity index (χ2n) is 4.04. The van der Waals surface area contributed by atoms with E-state index in [4.69, 9.17) is 4.74 Å². The molecule has 0 spiro atoms. The molecule has 2 rings (SSSR count). The van der Waals surface area contributed by atoms with Crippen molar-refractivity contribution >= 4 is 23.6 Å². The van der Waals surface area contributed by atoms with Gasteiger partial charge in [0.2, 0.25) is 5.91 Å². The van der Waals surface area contributed by atoms with Crippen LogP contribution in [0.5, 0.6) is 0 Å². The molecule has 2 aromatic heterocycles. The minimum atomic E-state index is -0.621. The van der Waals surface area contributed by atoms with Crippen LogP contribution in [0.15, 0.2) is 18.5 Å². The molecule has 2 N–H and O–H groups in total. The third-order valence-electron chi connectivity index (χ3n) is 2.44. The smallest absolute Gasteiger partial charge is 0.412 e. The molecule has 2 heterocycles. The van der Waals surface area contributed by atoms with Gasteiger partial charge in [-0.25, -0.2) is 9.48 Å². The van der Waals surface area contributed by atoms with Crippen LogP contribution in [-0.2, 0) is 23.1 Å². The number of ether oxygens (including phenoxy) is 1. The lowest BCUT2D eigenvalue weighted by Gasteiger charge is -2.04. The summed E-state index contributed by atoms with van der Waals surface area (Å²) in [6.45, 7) is 1.91. The average Bonchev–Trinajstić information content (AvgIpc) is 3.00. The highest BCUT2D eigenvalue weighted by molar-refractivity contribution is 5.89. The lowest BCUT2D eigenvalue weighted by molar-refractivity contribution is -0.117. The molecule has 0 atom stereocenters. The number of anilines is 2. The van der Waals surface area contributed by atoms with Crippen LogP contribution in [0.4, 0.5) is 16.4 Å². The lowest BCUT2D eigenvalue weighted by Crippen LogP contribution is -2.20. The highest BCUT2D eigenvalue weighted by Crippen LogP contribution is 2.04. The molecule has 0 fully saturated rings. The molecule has 0 saturated carbocycles. The molecule has 0 aliphatic rings. The average molecular weight is 293 g/mol. The van der Waals surface area contributed by atoms with E-state index in [2.05, 4.69) is 26.0 Å². The Morgan fingerprint density at radius 1 is 1.38 bits per heavy atom. The number of nitrogens with zero attached hydrogens (tertiary/aromatic N) is 5. The van der Waals surface area contributed by atoms with Gasteiger partial charge in [0.15, 0.2) is 5.82 Å². The van der Waals surface area contributed by atoms with Crippen LogP contribution in [0.25, 0.3) is 0 Å². The van der Waals surface area contributed by atoms with Crippen LogP contribution in [-0.4, -0.2) is 43.4 Å². The van der Waals surface area contributed by atoms with E-state index in [1.807, 2.05) is 0 Å². The van der Waals surface area contributed by atoms with Gasteiger partial charge >= 0.3 is 6.09 Å². The molecule has 0 aromatic carbocycles. The molecule has 0 unspecified atom stereocenters. The summed E-state index contributed by atoms with van der Waals surface area (Å²) in [4.78, 5) is 23.0. The first-order valence-electron chi connectivity index (χ1n) is 6.20. The van der Waals surface area contributed by atoms with Gasteiger partial charge in [-0.1, -0.05) is 5.21 Å². The maximum Gasteiger partial charge on any atom is 0.412 e. The number of amides is 2. The van der Waals surface area contributed by atoms with Gasteiger partial charge in [-0.05, 0) is 6.92 Å². The van der Waals surface area contributed by atoms with E-state index < -0.39 is 6.09 Å². The van der Waals surface area contributed by atoms with Crippen molar-refractivity contribution in [2.45, 2.75) is 13.5 Å². The fourth-order valence-electron chi connectivity index (χ4n) is 1.53. The first-order valence-corrected chi connectivity index (χ1v) is 6.20. The van der Waals surface area contributed by atoms with Crippen molar-refractivity contribution in [3.8, 4) is 0 Å². The summed E-state index contributed by atoms with van der Waals surface area (Å²) >= 11 is 0. The highest BCUT2D eigenvalue weighted by atomic mass is 16.5. The maximum atomic E-state index is 11.8. The topological polar surface area (TPSA) is 116 Å². The summed E-state index contributed by atoms with van der Waals surface area (Å²) in [5.41, 5.74) is 0. The molecular weight excluding hydrogens is 278 g/mol. The van der Waals surface area contributed by atoms with Crippen LogP contribution >= 0.6 is 0 Å². The van der Waals surface area contributed by atoms with Crippen LogP contribution in [0, 0.1) is 0 Å². The summed E-state index contributed by atoms with van der Waals surface area (Å²) in [6.07, 6.45) is 2.38. The quantitative estimate of drug-likeness (QED) is 0.814. The Morgan fingerprint density at radius 2 is 2.19 bits per heavy atom. The van der Waals surface area contributed by atoms with Crippen LogP contribution in [0.1, 0.15) is 6.92 Å². The highest BCUT2D eigenvalue weighted by Gasteiger charge is 2.10. The van der Waals surface area contributed by atoms with Crippen LogP contribution < -0.4 is 10.6 Å². The number of hydrogen-bond acceptors (Lipinski definition) is 6. The fraction of sp³-hybridized carbons (Fsp3) is 0.364. The molecule has 10 heteroatoms. The monoisotopic (exact) mass is 293 g/mol. The largest absolute Gasteiger partial charge is 0.450 e. The Bertz CT molecular complexity index is 633. The maximum absolute atomic E-state index is 11.8. The zero-order chi connectivity index (χ0) is 15.2. The van der Waals surface area contributed by atoms with E-state index in [-0.39, 0.29) is 24.9 Å². The van der Waals surface area contributed by atoms with Gasteiger partial charge in [-0.15, -0.1) is 5.10 Å². The number of rotatable bonds is 5. The van der Waals surface area contributed by atoms with Crippen LogP contribution in [0.2, 0.25) is 0 Å².